The molecule has 5 heteroatoms. The summed E-state index contributed by atoms with van der Waals surface area (Å²) in [5.41, 5.74) is 1.17. The first-order chi connectivity index (χ1) is 9.65. The summed E-state index contributed by atoms with van der Waals surface area (Å²) in [4.78, 5) is 2.34. The fraction of sp³-hybridized carbons (Fsp3) is 0.600. The molecule has 3 rings (SSSR count). The first-order valence-electron chi connectivity index (χ1n) is 7.15. The van der Waals surface area contributed by atoms with Crippen LogP contribution in [0.2, 0.25) is 10.0 Å². The van der Waals surface area contributed by atoms with Crippen LogP contribution in [0.3, 0.4) is 0 Å². The van der Waals surface area contributed by atoms with E-state index in [0.29, 0.717) is 16.1 Å². The van der Waals surface area contributed by atoms with Crippen molar-refractivity contribution in [2.45, 2.75) is 31.0 Å². The lowest BCUT2D eigenvalue weighted by Gasteiger charge is -2.39. The third kappa shape index (κ3) is 3.29. The van der Waals surface area contributed by atoms with Crippen LogP contribution >= 0.6 is 23.2 Å². The lowest BCUT2D eigenvalue weighted by Crippen LogP contribution is -2.47. The first kappa shape index (κ1) is 14.6. The van der Waals surface area contributed by atoms with Crippen molar-refractivity contribution in [2.24, 2.45) is 0 Å². The molecule has 1 N–H and O–H groups in total. The summed E-state index contributed by atoms with van der Waals surface area (Å²) < 4.78 is 5.98. The van der Waals surface area contributed by atoms with E-state index < -0.39 is 0 Å². The van der Waals surface area contributed by atoms with Crippen LogP contribution in [-0.4, -0.2) is 43.8 Å². The van der Waals surface area contributed by atoms with E-state index in [1.165, 1.54) is 18.4 Å². The third-order valence-corrected chi connectivity index (χ3v) is 4.81. The fourth-order valence-corrected chi connectivity index (χ4v) is 3.07. The second-order valence-corrected chi connectivity index (χ2v) is 6.51. The first-order valence-corrected chi connectivity index (χ1v) is 7.91. The smallest absolute Gasteiger partial charge is 0.0896 e. The van der Waals surface area contributed by atoms with Gasteiger partial charge in [-0.25, -0.2) is 0 Å². The number of benzene rings is 1. The molecule has 0 radical (unpaired) electrons. The van der Waals surface area contributed by atoms with E-state index in [0.717, 1.165) is 19.7 Å². The van der Waals surface area contributed by atoms with E-state index in [1.54, 1.807) is 0 Å². The number of halogens is 2. The molecule has 1 aromatic rings. The Morgan fingerprint density at radius 1 is 1.30 bits per heavy atom. The maximum absolute atomic E-state index is 6.16. The van der Waals surface area contributed by atoms with Crippen molar-refractivity contribution in [2.75, 3.05) is 26.7 Å². The molecule has 2 atom stereocenters. The molecule has 2 fully saturated rings. The lowest BCUT2D eigenvalue weighted by molar-refractivity contribution is -0.0615. The van der Waals surface area contributed by atoms with E-state index in [1.807, 2.05) is 18.2 Å². The standard InChI is InChI=1S/C15H20Cl2N2O/c1-19-6-7-20-14(9-18-11-3-4-11)15(19)10-2-5-12(16)13(17)8-10/h2,5,8,11,14-15,18H,3-4,6-7,9H2,1H3. The molecular formula is C15H20Cl2N2O. The van der Waals surface area contributed by atoms with Gasteiger partial charge in [-0.05, 0) is 37.6 Å². The van der Waals surface area contributed by atoms with Crippen LogP contribution in [0.1, 0.15) is 24.4 Å². The average molecular weight is 315 g/mol. The number of hydrogen-bond donors (Lipinski definition) is 1. The molecule has 0 amide bonds. The van der Waals surface area contributed by atoms with Gasteiger partial charge in [0.25, 0.3) is 0 Å². The number of nitrogens with zero attached hydrogens (tertiary/aromatic N) is 1. The molecule has 1 aromatic carbocycles. The van der Waals surface area contributed by atoms with Gasteiger partial charge < -0.3 is 10.1 Å². The zero-order valence-corrected chi connectivity index (χ0v) is 13.1. The van der Waals surface area contributed by atoms with Crippen molar-refractivity contribution in [1.29, 1.82) is 0 Å². The molecule has 0 bridgehead atoms. The second-order valence-electron chi connectivity index (χ2n) is 5.69. The summed E-state index contributed by atoms with van der Waals surface area (Å²) in [7, 11) is 2.14. The van der Waals surface area contributed by atoms with Crippen molar-refractivity contribution in [3.8, 4) is 0 Å². The normalized spacial score (nSPS) is 27.8. The largest absolute Gasteiger partial charge is 0.374 e. The molecule has 20 heavy (non-hydrogen) atoms. The van der Waals surface area contributed by atoms with Gasteiger partial charge in [0.2, 0.25) is 0 Å². The Kier molecular flexibility index (Phi) is 4.53. The number of likely N-dealkylation sites (N-methyl/N-ethyl adjacent to an activating group) is 1. The number of morpholine rings is 1. The number of hydrogen-bond acceptors (Lipinski definition) is 3. The Hall–Kier alpha value is -0.320. The Bertz CT molecular complexity index is 479. The molecule has 1 saturated carbocycles. The van der Waals surface area contributed by atoms with Crippen LogP contribution in [0.15, 0.2) is 18.2 Å². The molecule has 0 aromatic heterocycles. The number of rotatable bonds is 4. The van der Waals surface area contributed by atoms with Crippen molar-refractivity contribution in [3.05, 3.63) is 33.8 Å². The monoisotopic (exact) mass is 314 g/mol. The summed E-state index contributed by atoms with van der Waals surface area (Å²) in [5.74, 6) is 0. The van der Waals surface area contributed by atoms with E-state index >= 15 is 0 Å². The van der Waals surface area contributed by atoms with E-state index in [9.17, 15) is 0 Å². The van der Waals surface area contributed by atoms with E-state index in [-0.39, 0.29) is 12.1 Å². The Balaban J connectivity index is 1.78. The van der Waals surface area contributed by atoms with Crippen LogP contribution < -0.4 is 5.32 Å². The number of nitrogens with one attached hydrogen (secondary N) is 1. The molecule has 110 valence electrons. The highest BCUT2D eigenvalue weighted by molar-refractivity contribution is 6.42. The zero-order chi connectivity index (χ0) is 14.1. The summed E-state index contributed by atoms with van der Waals surface area (Å²) in [6.45, 7) is 2.61. The minimum atomic E-state index is 0.159. The molecule has 3 nitrogen and oxygen atoms in total. The highest BCUT2D eigenvalue weighted by atomic mass is 35.5. The topological polar surface area (TPSA) is 24.5 Å². The van der Waals surface area contributed by atoms with Crippen molar-refractivity contribution < 1.29 is 4.74 Å². The van der Waals surface area contributed by atoms with Gasteiger partial charge in [-0.15, -0.1) is 0 Å². The van der Waals surface area contributed by atoms with Gasteiger partial charge in [-0.3, -0.25) is 4.90 Å². The van der Waals surface area contributed by atoms with Gasteiger partial charge in [0.1, 0.15) is 0 Å². The molecule has 2 unspecified atom stereocenters. The van der Waals surface area contributed by atoms with Gasteiger partial charge in [0.05, 0.1) is 28.8 Å². The zero-order valence-electron chi connectivity index (χ0n) is 11.6. The maximum atomic E-state index is 6.16. The molecule has 1 saturated heterocycles. The molecule has 1 aliphatic carbocycles. The minimum absolute atomic E-state index is 0.159. The summed E-state index contributed by atoms with van der Waals surface area (Å²) >= 11 is 12.2. The Labute approximate surface area is 130 Å². The average Bonchev–Trinajstić information content (AvgIpc) is 3.24. The van der Waals surface area contributed by atoms with Crippen LogP contribution in [0.5, 0.6) is 0 Å². The van der Waals surface area contributed by atoms with E-state index in [2.05, 4.69) is 17.3 Å². The highest BCUT2D eigenvalue weighted by Gasteiger charge is 2.33. The van der Waals surface area contributed by atoms with Gasteiger partial charge >= 0.3 is 0 Å². The Morgan fingerprint density at radius 3 is 2.80 bits per heavy atom. The summed E-state index contributed by atoms with van der Waals surface area (Å²) in [6, 6.07) is 6.80. The molecule has 1 aliphatic heterocycles. The van der Waals surface area contributed by atoms with Crippen LogP contribution in [0.25, 0.3) is 0 Å². The molecule has 0 spiro atoms. The van der Waals surface area contributed by atoms with E-state index in [4.69, 9.17) is 27.9 Å². The van der Waals surface area contributed by atoms with Crippen molar-refractivity contribution in [3.63, 3.8) is 0 Å². The predicted octanol–water partition coefficient (Wildman–Crippen LogP) is 3.12. The minimum Gasteiger partial charge on any atom is -0.374 e. The number of ether oxygens (including phenoxy) is 1. The third-order valence-electron chi connectivity index (χ3n) is 4.07. The Morgan fingerprint density at radius 2 is 2.10 bits per heavy atom. The lowest BCUT2D eigenvalue weighted by atomic mass is 9.98. The van der Waals surface area contributed by atoms with Crippen LogP contribution in [0, 0.1) is 0 Å². The predicted molar refractivity (Wildman–Crippen MR) is 82.6 cm³/mol. The summed E-state index contributed by atoms with van der Waals surface area (Å²) in [6.07, 6.45) is 2.74. The molecule has 1 heterocycles. The SMILES string of the molecule is CN1CCOC(CNC2CC2)C1c1ccc(Cl)c(Cl)c1. The van der Waals surface area contributed by atoms with Crippen molar-refractivity contribution in [1.82, 2.24) is 10.2 Å². The molecule has 2 aliphatic rings. The van der Waals surface area contributed by atoms with Crippen LogP contribution in [0.4, 0.5) is 0 Å². The molecular weight excluding hydrogens is 295 g/mol. The maximum Gasteiger partial charge on any atom is 0.0896 e. The fourth-order valence-electron chi connectivity index (χ4n) is 2.77. The van der Waals surface area contributed by atoms with Crippen LogP contribution in [-0.2, 0) is 4.74 Å². The summed E-state index contributed by atoms with van der Waals surface area (Å²) in [5, 5.41) is 4.77. The second kappa shape index (κ2) is 6.20. The van der Waals surface area contributed by atoms with Crippen molar-refractivity contribution >= 4 is 23.2 Å². The van der Waals surface area contributed by atoms with Gasteiger partial charge in [-0.1, -0.05) is 29.3 Å². The van der Waals surface area contributed by atoms with Gasteiger partial charge in [0, 0.05) is 19.1 Å². The van der Waals surface area contributed by atoms with Gasteiger partial charge in [-0.2, -0.15) is 0 Å². The highest BCUT2D eigenvalue weighted by Crippen LogP contribution is 2.32. The quantitative estimate of drug-likeness (QED) is 0.924. The van der Waals surface area contributed by atoms with Gasteiger partial charge in [0.15, 0.2) is 0 Å².